The van der Waals surface area contributed by atoms with Crippen molar-refractivity contribution >= 4 is 29.7 Å². The third-order valence-corrected chi connectivity index (χ3v) is 6.22. The molecule has 0 amide bonds. The van der Waals surface area contributed by atoms with E-state index in [2.05, 4.69) is 0 Å². The molecule has 0 saturated heterocycles. The molecule has 0 saturated carbocycles. The minimum Gasteiger partial charge on any atom is -0.268 e. The Balaban J connectivity index is 3.02. The van der Waals surface area contributed by atoms with E-state index in [1.54, 1.807) is 24.3 Å². The third-order valence-electron chi connectivity index (χ3n) is 1.44. The summed E-state index contributed by atoms with van der Waals surface area (Å²) in [6.45, 7) is 1.90. The molecule has 2 N–H and O–H groups in total. The van der Waals surface area contributed by atoms with Crippen molar-refractivity contribution in [3.05, 3.63) is 29.8 Å². The Labute approximate surface area is 84.9 Å². The molecule has 1 aromatic rings. The van der Waals surface area contributed by atoms with Crippen molar-refractivity contribution in [3.8, 4) is 0 Å². The largest absolute Gasteiger partial charge is 0.268 e. The summed E-state index contributed by atoms with van der Waals surface area (Å²) in [4.78, 5) is 0.293. The van der Waals surface area contributed by atoms with Crippen molar-refractivity contribution in [1.82, 2.24) is 0 Å². The zero-order chi connectivity index (χ0) is 9.90. The molecule has 13 heavy (non-hydrogen) atoms. The summed E-state index contributed by atoms with van der Waals surface area (Å²) in [5, 5.41) is 5.08. The predicted molar refractivity (Wildman–Crippen MR) is 57.7 cm³/mol. The summed E-state index contributed by atoms with van der Waals surface area (Å²) < 4.78 is 22.8. The average molecular weight is 235 g/mol. The van der Waals surface area contributed by atoms with E-state index in [4.69, 9.17) is 5.14 Å². The highest BCUT2D eigenvalue weighted by molar-refractivity contribution is 9.06. The molecule has 3 nitrogen and oxygen atoms in total. The minimum atomic E-state index is -3.27. The molecule has 0 spiro atoms. The van der Waals surface area contributed by atoms with E-state index < -0.39 is 8.87 Å². The van der Waals surface area contributed by atoms with Crippen molar-refractivity contribution in [1.29, 1.82) is 0 Å². The molecule has 0 heterocycles. The first-order valence-electron chi connectivity index (χ1n) is 3.43. The van der Waals surface area contributed by atoms with E-state index in [1.807, 2.05) is 6.92 Å². The van der Waals surface area contributed by atoms with E-state index in [-0.39, 0.29) is 0 Å². The summed E-state index contributed by atoms with van der Waals surface area (Å²) in [6.07, 6.45) is 0. The van der Waals surface area contributed by atoms with Gasteiger partial charge in [0.1, 0.15) is 0 Å². The van der Waals surface area contributed by atoms with E-state index >= 15 is 0 Å². The maximum Gasteiger partial charge on any atom is 0.241 e. The fraction of sp³-hybridized carbons (Fsp3) is 0.143. The first kappa shape index (κ1) is 10.9. The van der Waals surface area contributed by atoms with E-state index in [0.717, 1.165) is 16.5 Å². The van der Waals surface area contributed by atoms with Gasteiger partial charge in [-0.3, -0.25) is 5.14 Å². The molecule has 1 rings (SSSR count). The number of aryl methyl sites for hydroxylation is 1. The quantitative estimate of drug-likeness (QED) is 0.641. The molecule has 0 unspecified atom stereocenters. The molecule has 0 bridgehead atoms. The Morgan fingerprint density at radius 1 is 1.23 bits per heavy atom. The summed E-state index contributed by atoms with van der Waals surface area (Å²) in [7, 11) is -1.88. The topological polar surface area (TPSA) is 60.2 Å². The molecule has 6 heteroatoms. The van der Waals surface area contributed by atoms with E-state index in [0.29, 0.717) is 14.7 Å². The number of hydrogen-bond donors (Lipinski definition) is 1. The minimum absolute atomic E-state index is 0.293. The van der Waals surface area contributed by atoms with Crippen molar-refractivity contribution in [2.45, 2.75) is 11.8 Å². The number of nitrogens with two attached hydrogens (primary N) is 1. The number of hydrogen-bond acceptors (Lipinski definition) is 5. The monoisotopic (exact) mass is 235 g/mol. The Kier molecular flexibility index (Phi) is 3.66. The van der Waals surface area contributed by atoms with Gasteiger partial charge in [-0.25, -0.2) is 8.42 Å². The highest BCUT2D eigenvalue weighted by Gasteiger charge is 2.14. The van der Waals surface area contributed by atoms with Gasteiger partial charge in [0.05, 0.1) is 14.7 Å². The second kappa shape index (κ2) is 4.36. The van der Waals surface area contributed by atoms with Crippen LogP contribution in [-0.2, 0) is 8.87 Å². The molecular formula is C7H9NO2S3. The Bertz CT molecular complexity index is 371. The van der Waals surface area contributed by atoms with E-state index in [1.165, 1.54) is 0 Å². The van der Waals surface area contributed by atoms with Crippen molar-refractivity contribution in [2.75, 3.05) is 0 Å². The van der Waals surface area contributed by atoms with Gasteiger partial charge in [-0.15, -0.1) is 0 Å². The molecule has 0 aromatic heterocycles. The van der Waals surface area contributed by atoms with Crippen LogP contribution in [-0.4, -0.2) is 8.42 Å². The first-order valence-corrected chi connectivity index (χ1v) is 7.64. The van der Waals surface area contributed by atoms with E-state index in [9.17, 15) is 8.42 Å². The van der Waals surface area contributed by atoms with Gasteiger partial charge in [-0.1, -0.05) is 17.7 Å². The Morgan fingerprint density at radius 3 is 2.23 bits per heavy atom. The summed E-state index contributed by atoms with van der Waals surface area (Å²) >= 11 is 0. The van der Waals surface area contributed by atoms with Gasteiger partial charge >= 0.3 is 0 Å². The van der Waals surface area contributed by atoms with Gasteiger partial charge in [0.2, 0.25) is 8.87 Å². The van der Waals surface area contributed by atoms with Crippen LogP contribution in [0.3, 0.4) is 0 Å². The molecule has 0 aliphatic heterocycles. The highest BCUT2D eigenvalue weighted by atomic mass is 33.5. The van der Waals surface area contributed by atoms with Gasteiger partial charge in [0.25, 0.3) is 0 Å². The molecular weight excluding hydrogens is 226 g/mol. The Morgan fingerprint density at radius 2 is 1.77 bits per heavy atom. The molecule has 0 radical (unpaired) electrons. The van der Waals surface area contributed by atoms with Crippen LogP contribution in [0.1, 0.15) is 5.56 Å². The maximum absolute atomic E-state index is 11.4. The van der Waals surface area contributed by atoms with Crippen molar-refractivity contribution < 1.29 is 8.42 Å². The van der Waals surface area contributed by atoms with Crippen LogP contribution in [0.5, 0.6) is 0 Å². The van der Waals surface area contributed by atoms with Crippen LogP contribution < -0.4 is 5.14 Å². The lowest BCUT2D eigenvalue weighted by molar-refractivity contribution is 0.611. The molecule has 0 aliphatic rings. The Hall–Kier alpha value is -0.170. The average Bonchev–Trinajstić information content (AvgIpc) is 2.05. The summed E-state index contributed by atoms with van der Waals surface area (Å²) in [6, 6.07) is 6.67. The zero-order valence-electron chi connectivity index (χ0n) is 6.93. The summed E-state index contributed by atoms with van der Waals surface area (Å²) in [5.74, 6) is 0. The van der Waals surface area contributed by atoms with Crippen molar-refractivity contribution in [3.63, 3.8) is 0 Å². The second-order valence-corrected chi connectivity index (χ2v) is 7.67. The van der Waals surface area contributed by atoms with Gasteiger partial charge in [-0.05, 0) is 19.1 Å². The lowest BCUT2D eigenvalue weighted by Crippen LogP contribution is -1.93. The predicted octanol–water partition coefficient (Wildman–Crippen LogP) is 1.94. The standard InChI is InChI=1S/C7H9NO2S3/c1-6-2-4-7(5-3-6)13(9,10)12-11-8/h2-5H,8H2,1H3. The number of benzene rings is 1. The van der Waals surface area contributed by atoms with Gasteiger partial charge < -0.3 is 0 Å². The van der Waals surface area contributed by atoms with Crippen LogP contribution in [0.4, 0.5) is 0 Å². The fourth-order valence-electron chi connectivity index (χ4n) is 0.796. The van der Waals surface area contributed by atoms with Crippen LogP contribution in [0, 0.1) is 6.92 Å². The lowest BCUT2D eigenvalue weighted by Gasteiger charge is -2.00. The van der Waals surface area contributed by atoms with Crippen LogP contribution in [0.15, 0.2) is 29.2 Å². The first-order chi connectivity index (χ1) is 6.06. The fourth-order valence-corrected chi connectivity index (χ4v) is 3.96. The SMILES string of the molecule is Cc1ccc(S(=O)(=O)SSN)cc1. The van der Waals surface area contributed by atoms with Crippen LogP contribution in [0.25, 0.3) is 0 Å². The lowest BCUT2D eigenvalue weighted by atomic mass is 10.2. The smallest absolute Gasteiger partial charge is 0.241 e. The zero-order valence-corrected chi connectivity index (χ0v) is 9.38. The van der Waals surface area contributed by atoms with Crippen molar-refractivity contribution in [2.24, 2.45) is 5.14 Å². The van der Waals surface area contributed by atoms with Crippen LogP contribution >= 0.6 is 20.8 Å². The molecule has 0 aliphatic carbocycles. The number of rotatable bonds is 3. The maximum atomic E-state index is 11.4. The van der Waals surface area contributed by atoms with Gasteiger partial charge in [-0.2, -0.15) is 0 Å². The van der Waals surface area contributed by atoms with Gasteiger partial charge in [0.15, 0.2) is 0 Å². The highest BCUT2D eigenvalue weighted by Crippen LogP contribution is 2.29. The molecule has 0 atom stereocenters. The second-order valence-electron chi connectivity index (χ2n) is 2.43. The third kappa shape index (κ3) is 2.91. The summed E-state index contributed by atoms with van der Waals surface area (Å²) in [5.41, 5.74) is 1.03. The molecule has 72 valence electrons. The molecule has 0 fully saturated rings. The van der Waals surface area contributed by atoms with Crippen LogP contribution in [0.2, 0.25) is 0 Å². The molecule has 1 aromatic carbocycles. The van der Waals surface area contributed by atoms with Gasteiger partial charge in [0, 0.05) is 11.0 Å². The normalized spacial score (nSPS) is 11.5.